The number of amides is 2. The Labute approximate surface area is 173 Å². The first-order valence-corrected chi connectivity index (χ1v) is 10.2. The number of ether oxygens (including phenoxy) is 2. The first kappa shape index (κ1) is 21.4. The maximum atomic E-state index is 12.9. The highest BCUT2D eigenvalue weighted by molar-refractivity contribution is 7.87. The summed E-state index contributed by atoms with van der Waals surface area (Å²) in [5.74, 6) is 0.419. The van der Waals surface area contributed by atoms with Crippen LogP contribution < -0.4 is 14.8 Å². The van der Waals surface area contributed by atoms with Crippen LogP contribution in [0.5, 0.6) is 11.5 Å². The van der Waals surface area contributed by atoms with E-state index in [4.69, 9.17) is 14.6 Å². The molecule has 2 amide bonds. The molecule has 0 aromatic heterocycles. The fraction of sp³-hybridized carbons (Fsp3) is 0.263. The third kappa shape index (κ3) is 4.47. The molecule has 0 atom stereocenters. The van der Waals surface area contributed by atoms with Crippen molar-refractivity contribution >= 4 is 27.9 Å². The van der Waals surface area contributed by atoms with Crippen molar-refractivity contribution in [2.45, 2.75) is 13.1 Å². The lowest BCUT2D eigenvalue weighted by molar-refractivity contribution is -0.125. The molecule has 2 N–H and O–H groups in total. The quantitative estimate of drug-likeness (QED) is 0.680. The number of hydrogen-bond acceptors (Lipinski definition) is 6. The van der Waals surface area contributed by atoms with Crippen LogP contribution >= 0.6 is 0 Å². The van der Waals surface area contributed by atoms with Gasteiger partial charge in [0.1, 0.15) is 11.5 Å². The van der Waals surface area contributed by atoms with Gasteiger partial charge in [-0.25, -0.2) is 9.10 Å². The van der Waals surface area contributed by atoms with E-state index in [2.05, 4.69) is 5.32 Å². The zero-order chi connectivity index (χ0) is 21.9. The van der Waals surface area contributed by atoms with Gasteiger partial charge in [-0.3, -0.25) is 10.1 Å². The first-order valence-electron chi connectivity index (χ1n) is 8.85. The maximum absolute atomic E-state index is 12.9. The molecule has 10 nitrogen and oxygen atoms in total. The van der Waals surface area contributed by atoms with E-state index < -0.39 is 22.2 Å². The van der Waals surface area contributed by atoms with Crippen LogP contribution in [0.4, 0.5) is 10.5 Å². The predicted octanol–water partition coefficient (Wildman–Crippen LogP) is 1.88. The molecular weight excluding hydrogens is 414 g/mol. The van der Waals surface area contributed by atoms with Crippen LogP contribution in [0.15, 0.2) is 42.5 Å². The standard InChI is InChI=1S/C19H21N3O7S/c1-28-16-8-5-14(17(9-16)29-2)11-22-18(23)12-21(30(22,26)27)10-13-3-6-15(7-4-13)20-19(24)25/h3-9,20H,10-12H2,1-2H3,(H,24,25). The molecule has 160 valence electrons. The van der Waals surface area contributed by atoms with Gasteiger partial charge in [0.05, 0.1) is 27.3 Å². The Morgan fingerprint density at radius 1 is 1.10 bits per heavy atom. The average molecular weight is 435 g/mol. The molecular formula is C19H21N3O7S. The summed E-state index contributed by atoms with van der Waals surface area (Å²) >= 11 is 0. The van der Waals surface area contributed by atoms with Crippen LogP contribution in [-0.4, -0.2) is 54.9 Å². The highest BCUT2D eigenvalue weighted by Gasteiger charge is 2.42. The number of benzene rings is 2. The fourth-order valence-corrected chi connectivity index (χ4v) is 4.53. The van der Waals surface area contributed by atoms with Crippen molar-refractivity contribution in [3.63, 3.8) is 0 Å². The minimum absolute atomic E-state index is 0.0162. The summed E-state index contributed by atoms with van der Waals surface area (Å²) in [4.78, 5) is 23.1. The number of nitrogens with zero attached hydrogens (tertiary/aromatic N) is 2. The summed E-state index contributed by atoms with van der Waals surface area (Å²) in [7, 11) is -1.07. The van der Waals surface area contributed by atoms with Crippen molar-refractivity contribution in [2.24, 2.45) is 0 Å². The number of carboxylic acid groups (broad SMARTS) is 1. The Bertz CT molecular complexity index is 1050. The number of anilines is 1. The Kier molecular flexibility index (Phi) is 6.13. The zero-order valence-electron chi connectivity index (χ0n) is 16.4. The second-order valence-corrected chi connectivity index (χ2v) is 8.33. The van der Waals surface area contributed by atoms with Crippen molar-refractivity contribution in [3.8, 4) is 11.5 Å². The molecule has 0 spiro atoms. The fourth-order valence-electron chi connectivity index (χ4n) is 3.04. The molecule has 2 aromatic carbocycles. The molecule has 0 unspecified atom stereocenters. The molecule has 1 fully saturated rings. The number of rotatable bonds is 7. The monoisotopic (exact) mass is 435 g/mol. The SMILES string of the molecule is COc1ccc(CN2C(=O)CN(Cc3ccc(NC(=O)O)cc3)S2(=O)=O)c(OC)c1. The van der Waals surface area contributed by atoms with Gasteiger partial charge in [0, 0.05) is 23.9 Å². The minimum Gasteiger partial charge on any atom is -0.497 e. The lowest BCUT2D eigenvalue weighted by Crippen LogP contribution is -2.33. The molecule has 0 saturated carbocycles. The van der Waals surface area contributed by atoms with E-state index >= 15 is 0 Å². The van der Waals surface area contributed by atoms with Gasteiger partial charge < -0.3 is 14.6 Å². The Morgan fingerprint density at radius 2 is 1.80 bits per heavy atom. The third-order valence-electron chi connectivity index (χ3n) is 4.57. The van der Waals surface area contributed by atoms with Gasteiger partial charge >= 0.3 is 16.3 Å². The summed E-state index contributed by atoms with van der Waals surface area (Å²) in [5.41, 5.74) is 1.51. The van der Waals surface area contributed by atoms with Gasteiger partial charge in [-0.2, -0.15) is 12.7 Å². The first-order chi connectivity index (χ1) is 14.2. The molecule has 1 saturated heterocycles. The van der Waals surface area contributed by atoms with Crippen LogP contribution in [0.2, 0.25) is 0 Å². The molecule has 0 bridgehead atoms. The molecule has 11 heteroatoms. The second-order valence-electron chi connectivity index (χ2n) is 6.48. The molecule has 0 aliphatic carbocycles. The van der Waals surface area contributed by atoms with Crippen molar-refractivity contribution in [1.29, 1.82) is 0 Å². The van der Waals surface area contributed by atoms with Gasteiger partial charge in [0.2, 0.25) is 0 Å². The second kappa shape index (κ2) is 8.59. The van der Waals surface area contributed by atoms with Crippen LogP contribution in [0, 0.1) is 0 Å². The Hall–Kier alpha value is -3.31. The topological polar surface area (TPSA) is 125 Å². The van der Waals surface area contributed by atoms with Gasteiger partial charge in [0.25, 0.3) is 5.91 Å². The number of carbonyl (C=O) groups excluding carboxylic acids is 1. The van der Waals surface area contributed by atoms with Crippen molar-refractivity contribution in [2.75, 3.05) is 26.1 Å². The molecule has 3 rings (SSSR count). The van der Waals surface area contributed by atoms with E-state index in [-0.39, 0.29) is 19.6 Å². The van der Waals surface area contributed by atoms with Crippen LogP contribution in [0.3, 0.4) is 0 Å². The molecule has 1 heterocycles. The predicted molar refractivity (Wildman–Crippen MR) is 108 cm³/mol. The Morgan fingerprint density at radius 3 is 2.40 bits per heavy atom. The van der Waals surface area contributed by atoms with Gasteiger partial charge in [-0.05, 0) is 29.8 Å². The zero-order valence-corrected chi connectivity index (χ0v) is 17.2. The smallest absolute Gasteiger partial charge is 0.409 e. The number of nitrogens with one attached hydrogen (secondary N) is 1. The summed E-state index contributed by atoms with van der Waals surface area (Å²) < 4.78 is 38.2. The minimum atomic E-state index is -4.02. The summed E-state index contributed by atoms with van der Waals surface area (Å²) in [6.07, 6.45) is -1.19. The largest absolute Gasteiger partial charge is 0.497 e. The molecule has 30 heavy (non-hydrogen) atoms. The summed E-state index contributed by atoms with van der Waals surface area (Å²) in [6.45, 7) is -0.458. The summed E-state index contributed by atoms with van der Waals surface area (Å²) in [6, 6.07) is 11.2. The van der Waals surface area contributed by atoms with E-state index in [1.165, 1.54) is 26.4 Å². The van der Waals surface area contributed by atoms with E-state index in [0.29, 0.717) is 28.3 Å². The molecule has 1 aliphatic heterocycles. The van der Waals surface area contributed by atoms with Gasteiger partial charge in [-0.15, -0.1) is 0 Å². The van der Waals surface area contributed by atoms with Gasteiger partial charge in [0.15, 0.2) is 0 Å². The number of methoxy groups -OCH3 is 2. The van der Waals surface area contributed by atoms with E-state index in [0.717, 1.165) is 8.61 Å². The Balaban J connectivity index is 1.77. The molecule has 1 aliphatic rings. The van der Waals surface area contributed by atoms with E-state index in [9.17, 15) is 18.0 Å². The average Bonchev–Trinajstić information content (AvgIpc) is 2.92. The highest BCUT2D eigenvalue weighted by atomic mass is 32.2. The van der Waals surface area contributed by atoms with Crippen molar-refractivity contribution in [3.05, 3.63) is 53.6 Å². The van der Waals surface area contributed by atoms with Crippen LogP contribution in [-0.2, 0) is 28.1 Å². The van der Waals surface area contributed by atoms with E-state index in [1.54, 1.807) is 30.3 Å². The number of hydrogen-bond donors (Lipinski definition) is 2. The highest BCUT2D eigenvalue weighted by Crippen LogP contribution is 2.29. The van der Waals surface area contributed by atoms with Crippen molar-refractivity contribution in [1.82, 2.24) is 8.61 Å². The third-order valence-corrected chi connectivity index (χ3v) is 6.37. The number of carbonyl (C=O) groups is 2. The van der Waals surface area contributed by atoms with Gasteiger partial charge in [-0.1, -0.05) is 12.1 Å². The van der Waals surface area contributed by atoms with Crippen LogP contribution in [0.25, 0.3) is 0 Å². The van der Waals surface area contributed by atoms with E-state index in [1.807, 2.05) is 0 Å². The summed E-state index contributed by atoms with van der Waals surface area (Å²) in [5, 5.41) is 10.9. The molecule has 2 aromatic rings. The normalized spacial score (nSPS) is 15.8. The lowest BCUT2D eigenvalue weighted by Gasteiger charge is -2.20. The van der Waals surface area contributed by atoms with Crippen molar-refractivity contribution < 1.29 is 32.6 Å². The maximum Gasteiger partial charge on any atom is 0.409 e. The molecule has 0 radical (unpaired) electrons. The lowest BCUT2D eigenvalue weighted by atomic mass is 10.2. The van der Waals surface area contributed by atoms with Crippen LogP contribution in [0.1, 0.15) is 11.1 Å².